The van der Waals surface area contributed by atoms with Crippen LogP contribution in [0.1, 0.15) is 0 Å². The second-order valence-corrected chi connectivity index (χ2v) is 13.1. The lowest BCUT2D eigenvalue weighted by atomic mass is 9.84. The number of aromatic nitrogens is 1. The molecule has 1 nitrogen and oxygen atoms in total. The Hall–Kier alpha value is -6.57. The number of hydrogen-bond donors (Lipinski definition) is 0. The zero-order chi connectivity index (χ0) is 33.0. The Morgan fingerprint density at radius 1 is 0.280 bits per heavy atom. The molecule has 0 atom stereocenters. The van der Waals surface area contributed by atoms with Crippen LogP contribution in [0.5, 0.6) is 0 Å². The van der Waals surface area contributed by atoms with Gasteiger partial charge in [0.25, 0.3) is 0 Å². The smallest absolute Gasteiger partial charge is 0.0708 e. The van der Waals surface area contributed by atoms with E-state index in [1.807, 2.05) is 0 Å². The van der Waals surface area contributed by atoms with Crippen LogP contribution < -0.4 is 0 Å². The van der Waals surface area contributed by atoms with E-state index in [0.717, 1.165) is 10.9 Å². The van der Waals surface area contributed by atoms with E-state index in [9.17, 15) is 0 Å². The van der Waals surface area contributed by atoms with Gasteiger partial charge in [0.05, 0.1) is 5.52 Å². The van der Waals surface area contributed by atoms with Gasteiger partial charge in [0.15, 0.2) is 0 Å². The van der Waals surface area contributed by atoms with Crippen molar-refractivity contribution in [3.05, 3.63) is 188 Å². The SMILES string of the molecule is c1ccc2cc(-c3ccc(-c4c5ccccc5c(-c5ccc(-c6ccc7ccccc7c6)cc5)c5c4cnc4ccccc45)cc3)ccc2c1. The summed E-state index contributed by atoms with van der Waals surface area (Å²) in [7, 11) is 0. The highest BCUT2D eigenvalue weighted by Crippen LogP contribution is 2.46. The molecule has 10 aromatic rings. The highest BCUT2D eigenvalue weighted by atomic mass is 14.6. The first kappa shape index (κ1) is 28.4. The summed E-state index contributed by atoms with van der Waals surface area (Å²) in [6.07, 6.45) is 2.09. The minimum Gasteiger partial charge on any atom is -0.256 e. The molecule has 1 heteroatoms. The molecule has 0 aliphatic carbocycles. The Labute approximate surface area is 290 Å². The van der Waals surface area contributed by atoms with Crippen molar-refractivity contribution in [3.63, 3.8) is 0 Å². The maximum Gasteiger partial charge on any atom is 0.0708 e. The van der Waals surface area contributed by atoms with Crippen molar-refractivity contribution in [1.29, 1.82) is 0 Å². The van der Waals surface area contributed by atoms with Crippen LogP contribution >= 0.6 is 0 Å². The minimum atomic E-state index is 1.00. The van der Waals surface area contributed by atoms with E-state index in [4.69, 9.17) is 4.98 Å². The van der Waals surface area contributed by atoms with Gasteiger partial charge in [0, 0.05) is 22.4 Å². The van der Waals surface area contributed by atoms with Crippen molar-refractivity contribution in [3.8, 4) is 44.5 Å². The Bertz CT molecular complexity index is 2900. The summed E-state index contributed by atoms with van der Waals surface area (Å²) in [6, 6.07) is 66.1. The summed E-state index contributed by atoms with van der Waals surface area (Å²) in [5, 5.41) is 11.1. The van der Waals surface area contributed by atoms with Crippen LogP contribution in [0.25, 0.3) is 98.5 Å². The van der Waals surface area contributed by atoms with Crippen molar-refractivity contribution in [2.24, 2.45) is 0 Å². The highest BCUT2D eigenvalue weighted by molar-refractivity contribution is 6.27. The predicted molar refractivity (Wildman–Crippen MR) is 214 cm³/mol. The van der Waals surface area contributed by atoms with Crippen LogP contribution in [0.3, 0.4) is 0 Å². The van der Waals surface area contributed by atoms with Crippen LogP contribution in [0.15, 0.2) is 188 Å². The molecule has 9 aromatic carbocycles. The second-order valence-electron chi connectivity index (χ2n) is 13.1. The Morgan fingerprint density at radius 2 is 0.700 bits per heavy atom. The van der Waals surface area contributed by atoms with E-state index >= 15 is 0 Å². The average molecular weight is 634 g/mol. The van der Waals surface area contributed by atoms with Crippen molar-refractivity contribution in [2.45, 2.75) is 0 Å². The van der Waals surface area contributed by atoms with E-state index in [1.165, 1.54) is 87.6 Å². The molecule has 232 valence electrons. The summed E-state index contributed by atoms with van der Waals surface area (Å²) in [5.74, 6) is 0. The van der Waals surface area contributed by atoms with Crippen LogP contribution in [-0.4, -0.2) is 4.98 Å². The van der Waals surface area contributed by atoms with E-state index < -0.39 is 0 Å². The van der Waals surface area contributed by atoms with Gasteiger partial charge in [-0.05, 0) is 95.0 Å². The summed E-state index contributed by atoms with van der Waals surface area (Å²) >= 11 is 0. The monoisotopic (exact) mass is 633 g/mol. The molecule has 0 fully saturated rings. The lowest BCUT2D eigenvalue weighted by Crippen LogP contribution is -1.93. The molecule has 0 aliphatic heterocycles. The zero-order valence-electron chi connectivity index (χ0n) is 27.3. The molecule has 0 saturated carbocycles. The summed E-state index contributed by atoms with van der Waals surface area (Å²) in [6.45, 7) is 0. The number of rotatable bonds is 4. The van der Waals surface area contributed by atoms with Gasteiger partial charge in [-0.3, -0.25) is 4.98 Å². The zero-order valence-corrected chi connectivity index (χ0v) is 27.3. The van der Waals surface area contributed by atoms with Gasteiger partial charge in [-0.1, -0.05) is 164 Å². The molecule has 0 bridgehead atoms. The van der Waals surface area contributed by atoms with Crippen molar-refractivity contribution < 1.29 is 0 Å². The van der Waals surface area contributed by atoms with E-state index in [2.05, 4.69) is 188 Å². The molecule has 0 spiro atoms. The molecule has 10 rings (SSSR count). The Balaban J connectivity index is 1.17. The van der Waals surface area contributed by atoms with Crippen LogP contribution in [0.2, 0.25) is 0 Å². The highest BCUT2D eigenvalue weighted by Gasteiger charge is 2.19. The normalized spacial score (nSPS) is 11.6. The van der Waals surface area contributed by atoms with Gasteiger partial charge >= 0.3 is 0 Å². The second kappa shape index (κ2) is 11.5. The Morgan fingerprint density at radius 3 is 1.28 bits per heavy atom. The molecule has 0 unspecified atom stereocenters. The summed E-state index contributed by atoms with van der Waals surface area (Å²) in [5.41, 5.74) is 10.7. The molecule has 1 heterocycles. The molecular weight excluding hydrogens is 603 g/mol. The number of benzene rings is 9. The molecule has 50 heavy (non-hydrogen) atoms. The van der Waals surface area contributed by atoms with Crippen molar-refractivity contribution in [2.75, 3.05) is 0 Å². The van der Waals surface area contributed by atoms with Gasteiger partial charge in [-0.25, -0.2) is 0 Å². The van der Waals surface area contributed by atoms with E-state index in [-0.39, 0.29) is 0 Å². The van der Waals surface area contributed by atoms with E-state index in [0.29, 0.717) is 0 Å². The van der Waals surface area contributed by atoms with Gasteiger partial charge in [-0.15, -0.1) is 0 Å². The van der Waals surface area contributed by atoms with E-state index in [1.54, 1.807) is 0 Å². The maximum atomic E-state index is 5.01. The fraction of sp³-hybridized carbons (Fsp3) is 0. The lowest BCUT2D eigenvalue weighted by molar-refractivity contribution is 1.45. The van der Waals surface area contributed by atoms with Gasteiger partial charge in [0.2, 0.25) is 0 Å². The fourth-order valence-electron chi connectivity index (χ4n) is 7.81. The fourth-order valence-corrected chi connectivity index (χ4v) is 7.81. The first-order valence-electron chi connectivity index (χ1n) is 17.2. The molecular formula is C49H31N. The van der Waals surface area contributed by atoms with Crippen molar-refractivity contribution in [1.82, 2.24) is 4.98 Å². The summed E-state index contributed by atoms with van der Waals surface area (Å²) in [4.78, 5) is 5.01. The largest absolute Gasteiger partial charge is 0.256 e. The quantitative estimate of drug-likeness (QED) is 0.139. The third kappa shape index (κ3) is 4.67. The molecule has 0 amide bonds. The van der Waals surface area contributed by atoms with Crippen LogP contribution in [-0.2, 0) is 0 Å². The third-order valence-corrected chi connectivity index (χ3v) is 10.3. The number of hydrogen-bond acceptors (Lipinski definition) is 1. The molecule has 0 N–H and O–H groups in total. The topological polar surface area (TPSA) is 12.9 Å². The molecule has 1 aromatic heterocycles. The number of nitrogens with zero attached hydrogens (tertiary/aromatic N) is 1. The standard InChI is InChI=1S/C49H31N/c1-3-11-38-29-40(27-21-32(38)9-1)34-17-23-36(24-18-34)47-42-13-5-6-14-43(42)48(49-44-15-7-8-16-46(44)50-31-45(47)49)37-25-19-35(20-26-37)41-28-22-33-10-2-4-12-39(33)30-41/h1-31H. The minimum absolute atomic E-state index is 1.00. The maximum absolute atomic E-state index is 5.01. The summed E-state index contributed by atoms with van der Waals surface area (Å²) < 4.78 is 0. The van der Waals surface area contributed by atoms with Gasteiger partial charge in [0.1, 0.15) is 0 Å². The number of fused-ring (bicyclic) bond motifs is 6. The molecule has 0 saturated heterocycles. The first-order valence-corrected chi connectivity index (χ1v) is 17.2. The first-order chi connectivity index (χ1) is 24.8. The molecule has 0 aliphatic rings. The van der Waals surface area contributed by atoms with Crippen LogP contribution in [0, 0.1) is 0 Å². The molecule has 0 radical (unpaired) electrons. The van der Waals surface area contributed by atoms with Crippen molar-refractivity contribution >= 4 is 54.0 Å². The Kier molecular flexibility index (Phi) is 6.57. The van der Waals surface area contributed by atoms with Crippen LogP contribution in [0.4, 0.5) is 0 Å². The van der Waals surface area contributed by atoms with Gasteiger partial charge < -0.3 is 0 Å². The number of para-hydroxylation sites is 1. The van der Waals surface area contributed by atoms with Gasteiger partial charge in [-0.2, -0.15) is 0 Å². The average Bonchev–Trinajstić information content (AvgIpc) is 3.19. The predicted octanol–water partition coefficient (Wildman–Crippen LogP) is 13.5. The number of pyridine rings is 1. The lowest BCUT2D eigenvalue weighted by Gasteiger charge is -2.19. The third-order valence-electron chi connectivity index (χ3n) is 10.3.